The average Bonchev–Trinajstić information content (AvgIpc) is 3.00. The molecule has 106 valence electrons. The highest BCUT2D eigenvalue weighted by molar-refractivity contribution is 7.90. The lowest BCUT2D eigenvalue weighted by atomic mass is 10.4. The van der Waals surface area contributed by atoms with Crippen molar-refractivity contribution in [3.8, 4) is 0 Å². The fraction of sp³-hybridized carbons (Fsp3) is 0.667. The summed E-state index contributed by atoms with van der Waals surface area (Å²) in [5.41, 5.74) is 0.357. The van der Waals surface area contributed by atoms with Crippen molar-refractivity contribution in [1.29, 1.82) is 0 Å². The molecule has 0 radical (unpaired) electrons. The van der Waals surface area contributed by atoms with Crippen molar-refractivity contribution in [2.75, 3.05) is 12.4 Å². The molecule has 19 heavy (non-hydrogen) atoms. The Morgan fingerprint density at radius 3 is 2.74 bits per heavy atom. The van der Waals surface area contributed by atoms with E-state index in [1.807, 2.05) is 0 Å². The Labute approximate surface area is 112 Å². The number of sulfone groups is 1. The molecule has 2 rings (SSSR count). The Hall–Kier alpha value is -1.37. The molecule has 0 atom stereocenters. The molecule has 0 amide bonds. The summed E-state index contributed by atoms with van der Waals surface area (Å²) in [6, 6.07) is 0. The number of aryl methyl sites for hydroxylation is 1. The second-order valence-electron chi connectivity index (χ2n) is 4.74. The van der Waals surface area contributed by atoms with E-state index in [1.54, 1.807) is 13.8 Å². The van der Waals surface area contributed by atoms with Crippen molar-refractivity contribution < 1.29 is 22.4 Å². The zero-order chi connectivity index (χ0) is 14.0. The molecule has 1 fully saturated rings. The molecule has 1 aliphatic carbocycles. The maximum atomic E-state index is 11.9. The van der Waals surface area contributed by atoms with E-state index in [0.29, 0.717) is 5.69 Å². The SMILES string of the molecule is CCOC(=O)c1oc(CS(=O)(=O)CC2CC2)nc1C. The van der Waals surface area contributed by atoms with Gasteiger partial charge in [-0.05, 0) is 32.6 Å². The van der Waals surface area contributed by atoms with Gasteiger partial charge in [-0.1, -0.05) is 0 Å². The molecule has 0 saturated heterocycles. The second kappa shape index (κ2) is 5.32. The van der Waals surface area contributed by atoms with E-state index < -0.39 is 15.8 Å². The van der Waals surface area contributed by atoms with Crippen LogP contribution in [0, 0.1) is 12.8 Å². The molecule has 0 N–H and O–H groups in total. The minimum atomic E-state index is -3.22. The molecule has 0 unspecified atom stereocenters. The molecule has 1 aromatic rings. The van der Waals surface area contributed by atoms with Crippen molar-refractivity contribution in [1.82, 2.24) is 4.98 Å². The molecule has 1 heterocycles. The number of oxazole rings is 1. The highest BCUT2D eigenvalue weighted by Crippen LogP contribution is 2.31. The van der Waals surface area contributed by atoms with Gasteiger partial charge in [0.15, 0.2) is 9.84 Å². The molecule has 6 nitrogen and oxygen atoms in total. The van der Waals surface area contributed by atoms with Crippen LogP contribution in [0.25, 0.3) is 0 Å². The monoisotopic (exact) mass is 287 g/mol. The summed E-state index contributed by atoms with van der Waals surface area (Å²) in [4.78, 5) is 15.5. The van der Waals surface area contributed by atoms with Gasteiger partial charge in [-0.2, -0.15) is 0 Å². The molecule has 1 saturated carbocycles. The minimum absolute atomic E-state index is 0.0153. The Balaban J connectivity index is 2.09. The standard InChI is InChI=1S/C12H17NO5S/c1-3-17-12(14)11-8(2)13-10(18-11)7-19(15,16)6-9-4-5-9/h9H,3-7H2,1-2H3. The predicted octanol–water partition coefficient (Wildman–Crippen LogP) is 1.48. The summed E-state index contributed by atoms with van der Waals surface area (Å²) in [5.74, 6) is -0.379. The normalized spacial score (nSPS) is 15.5. The van der Waals surface area contributed by atoms with E-state index >= 15 is 0 Å². The number of hydrogen-bond donors (Lipinski definition) is 0. The van der Waals surface area contributed by atoms with Crippen LogP contribution in [0.1, 0.15) is 41.9 Å². The van der Waals surface area contributed by atoms with Gasteiger partial charge in [-0.3, -0.25) is 0 Å². The fourth-order valence-corrected chi connectivity index (χ4v) is 3.46. The molecular weight excluding hydrogens is 270 g/mol. The lowest BCUT2D eigenvalue weighted by molar-refractivity contribution is 0.0487. The topological polar surface area (TPSA) is 86.5 Å². The summed E-state index contributed by atoms with van der Waals surface area (Å²) in [5, 5.41) is 0. The average molecular weight is 287 g/mol. The number of carbonyl (C=O) groups excluding carboxylic acids is 1. The van der Waals surface area contributed by atoms with E-state index in [0.717, 1.165) is 12.8 Å². The Morgan fingerprint density at radius 1 is 1.47 bits per heavy atom. The number of nitrogens with zero attached hydrogens (tertiary/aromatic N) is 1. The summed E-state index contributed by atoms with van der Waals surface area (Å²) < 4.78 is 33.7. The van der Waals surface area contributed by atoms with Crippen molar-refractivity contribution in [2.24, 2.45) is 5.92 Å². The number of ether oxygens (including phenoxy) is 1. The Bertz CT molecular complexity index is 571. The number of esters is 1. The second-order valence-corrected chi connectivity index (χ2v) is 6.85. The van der Waals surface area contributed by atoms with Crippen LogP contribution in [-0.2, 0) is 20.3 Å². The maximum absolute atomic E-state index is 11.9. The van der Waals surface area contributed by atoms with Crippen LogP contribution < -0.4 is 0 Å². The number of hydrogen-bond acceptors (Lipinski definition) is 6. The number of rotatable bonds is 6. The zero-order valence-corrected chi connectivity index (χ0v) is 11.8. The van der Waals surface area contributed by atoms with E-state index in [2.05, 4.69) is 4.98 Å². The lowest BCUT2D eigenvalue weighted by Gasteiger charge is -1.99. The first kappa shape index (κ1) is 14.0. The zero-order valence-electron chi connectivity index (χ0n) is 11.0. The van der Waals surface area contributed by atoms with E-state index in [9.17, 15) is 13.2 Å². The first-order chi connectivity index (χ1) is 8.91. The van der Waals surface area contributed by atoms with Crippen LogP contribution in [0.2, 0.25) is 0 Å². The van der Waals surface area contributed by atoms with Gasteiger partial charge in [0.2, 0.25) is 11.7 Å². The highest BCUT2D eigenvalue weighted by Gasteiger charge is 2.30. The molecule has 1 aromatic heterocycles. The van der Waals surface area contributed by atoms with Crippen LogP contribution in [0.3, 0.4) is 0 Å². The largest absolute Gasteiger partial charge is 0.460 e. The van der Waals surface area contributed by atoms with Crippen LogP contribution in [-0.4, -0.2) is 31.7 Å². The van der Waals surface area contributed by atoms with Gasteiger partial charge in [0.25, 0.3) is 0 Å². The summed E-state index contributed by atoms with van der Waals surface area (Å²) >= 11 is 0. The van der Waals surface area contributed by atoms with Crippen molar-refractivity contribution in [3.05, 3.63) is 17.3 Å². The third kappa shape index (κ3) is 3.79. The van der Waals surface area contributed by atoms with Gasteiger partial charge in [0, 0.05) is 0 Å². The Kier molecular flexibility index (Phi) is 3.93. The van der Waals surface area contributed by atoms with Crippen LogP contribution in [0.5, 0.6) is 0 Å². The maximum Gasteiger partial charge on any atom is 0.376 e. The van der Waals surface area contributed by atoms with Crippen molar-refractivity contribution >= 4 is 15.8 Å². The number of aromatic nitrogens is 1. The summed E-state index contributed by atoms with van der Waals surface area (Å²) in [6.45, 7) is 3.51. The third-order valence-corrected chi connectivity index (χ3v) is 4.50. The van der Waals surface area contributed by atoms with Crippen LogP contribution >= 0.6 is 0 Å². The molecule has 0 aliphatic heterocycles. The third-order valence-electron chi connectivity index (χ3n) is 2.83. The number of carbonyl (C=O) groups is 1. The molecule has 0 bridgehead atoms. The van der Waals surface area contributed by atoms with Gasteiger partial charge in [-0.25, -0.2) is 18.2 Å². The molecule has 0 aromatic carbocycles. The van der Waals surface area contributed by atoms with Gasteiger partial charge in [0.1, 0.15) is 5.75 Å². The van der Waals surface area contributed by atoms with Crippen LogP contribution in [0.4, 0.5) is 0 Å². The molecular formula is C12H17NO5S. The smallest absolute Gasteiger partial charge is 0.376 e. The summed E-state index contributed by atoms with van der Waals surface area (Å²) in [7, 11) is -3.22. The lowest BCUT2D eigenvalue weighted by Crippen LogP contribution is -2.11. The molecule has 1 aliphatic rings. The quantitative estimate of drug-likeness (QED) is 0.737. The molecule has 0 spiro atoms. The Morgan fingerprint density at radius 2 is 2.16 bits per heavy atom. The van der Waals surface area contributed by atoms with Crippen molar-refractivity contribution in [2.45, 2.75) is 32.4 Å². The first-order valence-electron chi connectivity index (χ1n) is 6.25. The first-order valence-corrected chi connectivity index (χ1v) is 8.07. The van der Waals surface area contributed by atoms with E-state index in [4.69, 9.17) is 9.15 Å². The van der Waals surface area contributed by atoms with Crippen LogP contribution in [0.15, 0.2) is 4.42 Å². The van der Waals surface area contributed by atoms with Gasteiger partial charge >= 0.3 is 5.97 Å². The van der Waals surface area contributed by atoms with E-state index in [-0.39, 0.29) is 35.7 Å². The predicted molar refractivity (Wildman–Crippen MR) is 67.4 cm³/mol. The minimum Gasteiger partial charge on any atom is -0.460 e. The fourth-order valence-electron chi connectivity index (χ4n) is 1.79. The highest BCUT2D eigenvalue weighted by atomic mass is 32.2. The van der Waals surface area contributed by atoms with Crippen molar-refractivity contribution in [3.63, 3.8) is 0 Å². The van der Waals surface area contributed by atoms with Gasteiger partial charge in [-0.15, -0.1) is 0 Å². The van der Waals surface area contributed by atoms with Gasteiger partial charge < -0.3 is 9.15 Å². The summed E-state index contributed by atoms with van der Waals surface area (Å²) in [6.07, 6.45) is 1.94. The van der Waals surface area contributed by atoms with E-state index in [1.165, 1.54) is 0 Å². The molecule has 7 heteroatoms. The van der Waals surface area contributed by atoms with Gasteiger partial charge in [0.05, 0.1) is 18.1 Å².